The van der Waals surface area contributed by atoms with Gasteiger partial charge in [0, 0.05) is 30.9 Å². The fourth-order valence-electron chi connectivity index (χ4n) is 3.36. The van der Waals surface area contributed by atoms with Gasteiger partial charge in [0.1, 0.15) is 0 Å². The molecule has 1 heterocycles. The average molecular weight is 314 g/mol. The Morgan fingerprint density at radius 3 is 2.65 bits per heavy atom. The van der Waals surface area contributed by atoms with Crippen LogP contribution in [0, 0.1) is 11.8 Å². The highest BCUT2D eigenvalue weighted by atomic mass is 16.4. The summed E-state index contributed by atoms with van der Waals surface area (Å²) >= 11 is 0. The lowest BCUT2D eigenvalue weighted by molar-refractivity contribution is -0.143. The molecule has 0 aliphatic heterocycles. The molecule has 2 N–H and O–H groups in total. The second-order valence-corrected chi connectivity index (χ2v) is 6.47. The van der Waals surface area contributed by atoms with Crippen molar-refractivity contribution in [3.63, 3.8) is 0 Å². The van der Waals surface area contributed by atoms with Crippen LogP contribution in [0.3, 0.4) is 0 Å². The first kappa shape index (κ1) is 15.6. The number of aryl methyl sites for hydroxylation is 1. The first-order valence-electron chi connectivity index (χ1n) is 8.10. The van der Waals surface area contributed by atoms with Crippen LogP contribution in [0.15, 0.2) is 30.5 Å². The van der Waals surface area contributed by atoms with E-state index in [1.54, 1.807) is 0 Å². The van der Waals surface area contributed by atoms with Gasteiger partial charge in [-0.3, -0.25) is 9.59 Å². The highest BCUT2D eigenvalue weighted by Crippen LogP contribution is 2.28. The minimum absolute atomic E-state index is 0.0616. The van der Waals surface area contributed by atoms with E-state index < -0.39 is 5.97 Å². The zero-order chi connectivity index (χ0) is 16.4. The van der Waals surface area contributed by atoms with E-state index in [9.17, 15) is 9.59 Å². The van der Waals surface area contributed by atoms with Crippen molar-refractivity contribution in [3.05, 3.63) is 36.0 Å². The van der Waals surface area contributed by atoms with Gasteiger partial charge in [-0.2, -0.15) is 0 Å². The Hall–Kier alpha value is -2.30. The molecule has 1 aromatic carbocycles. The molecule has 0 unspecified atom stereocenters. The maximum Gasteiger partial charge on any atom is 0.306 e. The fourth-order valence-corrected chi connectivity index (χ4v) is 3.36. The van der Waals surface area contributed by atoms with Crippen LogP contribution < -0.4 is 5.32 Å². The van der Waals surface area contributed by atoms with Crippen molar-refractivity contribution in [2.45, 2.75) is 25.7 Å². The monoisotopic (exact) mass is 314 g/mol. The zero-order valence-corrected chi connectivity index (χ0v) is 13.3. The Kier molecular flexibility index (Phi) is 4.37. The summed E-state index contributed by atoms with van der Waals surface area (Å²) in [6.07, 6.45) is 5.14. The van der Waals surface area contributed by atoms with Crippen molar-refractivity contribution >= 4 is 22.8 Å². The number of nitrogens with one attached hydrogen (secondary N) is 1. The van der Waals surface area contributed by atoms with Gasteiger partial charge in [-0.25, -0.2) is 0 Å². The molecule has 1 aliphatic carbocycles. The normalized spacial score (nSPS) is 21.3. The van der Waals surface area contributed by atoms with Crippen LogP contribution in [0.4, 0.5) is 0 Å². The molecule has 122 valence electrons. The summed E-state index contributed by atoms with van der Waals surface area (Å²) in [5.74, 6) is -0.577. The Labute approximate surface area is 135 Å². The van der Waals surface area contributed by atoms with Crippen LogP contribution in [0.1, 0.15) is 36.0 Å². The molecule has 23 heavy (non-hydrogen) atoms. The molecule has 2 aromatic rings. The van der Waals surface area contributed by atoms with E-state index in [2.05, 4.69) is 5.32 Å². The molecule has 0 bridgehead atoms. The second-order valence-electron chi connectivity index (χ2n) is 6.47. The molecule has 0 radical (unpaired) electrons. The summed E-state index contributed by atoms with van der Waals surface area (Å²) < 4.78 is 2.00. The van der Waals surface area contributed by atoms with Gasteiger partial charge in [-0.15, -0.1) is 0 Å². The summed E-state index contributed by atoms with van der Waals surface area (Å²) in [4.78, 5) is 23.3. The highest BCUT2D eigenvalue weighted by Gasteiger charge is 2.26. The predicted molar refractivity (Wildman–Crippen MR) is 88.3 cm³/mol. The molecule has 0 saturated heterocycles. The molecule has 1 fully saturated rings. The van der Waals surface area contributed by atoms with Crippen molar-refractivity contribution in [1.29, 1.82) is 0 Å². The van der Waals surface area contributed by atoms with E-state index in [-0.39, 0.29) is 11.8 Å². The Morgan fingerprint density at radius 1 is 1.22 bits per heavy atom. The molecule has 5 nitrogen and oxygen atoms in total. The third-order valence-electron chi connectivity index (χ3n) is 4.90. The van der Waals surface area contributed by atoms with E-state index >= 15 is 0 Å². The Morgan fingerprint density at radius 2 is 1.96 bits per heavy atom. The van der Waals surface area contributed by atoms with Gasteiger partial charge in [0.2, 0.25) is 0 Å². The maximum absolute atomic E-state index is 12.3. The Bertz CT molecular complexity index is 727. The lowest BCUT2D eigenvalue weighted by Crippen LogP contribution is -2.32. The number of fused-ring (bicyclic) bond motifs is 1. The predicted octanol–water partition coefficient (Wildman–Crippen LogP) is 2.80. The molecular formula is C18H22N2O3. The van der Waals surface area contributed by atoms with E-state index in [1.807, 2.05) is 42.1 Å². The van der Waals surface area contributed by atoms with Gasteiger partial charge in [0.25, 0.3) is 5.91 Å². The van der Waals surface area contributed by atoms with Crippen molar-refractivity contribution in [2.75, 3.05) is 6.54 Å². The van der Waals surface area contributed by atoms with E-state index in [1.165, 1.54) is 0 Å². The van der Waals surface area contributed by atoms with Gasteiger partial charge in [0.15, 0.2) is 0 Å². The fraction of sp³-hybridized carbons (Fsp3) is 0.444. The zero-order valence-electron chi connectivity index (χ0n) is 13.3. The highest BCUT2D eigenvalue weighted by molar-refractivity contribution is 5.98. The van der Waals surface area contributed by atoms with Crippen LogP contribution in [0.25, 0.3) is 10.9 Å². The van der Waals surface area contributed by atoms with Gasteiger partial charge >= 0.3 is 5.97 Å². The molecular weight excluding hydrogens is 292 g/mol. The molecule has 1 aliphatic rings. The number of carbonyl (C=O) groups is 2. The van der Waals surface area contributed by atoms with E-state index in [0.717, 1.165) is 23.7 Å². The molecule has 3 rings (SSSR count). The maximum atomic E-state index is 12.3. The molecule has 0 spiro atoms. The van der Waals surface area contributed by atoms with E-state index in [4.69, 9.17) is 5.11 Å². The number of nitrogens with zero attached hydrogens (tertiary/aromatic N) is 1. The van der Waals surface area contributed by atoms with Gasteiger partial charge in [-0.05, 0) is 55.2 Å². The van der Waals surface area contributed by atoms with Gasteiger partial charge in [-0.1, -0.05) is 6.07 Å². The van der Waals surface area contributed by atoms with Crippen LogP contribution in [-0.2, 0) is 11.8 Å². The minimum atomic E-state index is -0.691. The molecule has 5 heteroatoms. The van der Waals surface area contributed by atoms with Crippen LogP contribution in [0.2, 0.25) is 0 Å². The number of rotatable bonds is 4. The van der Waals surface area contributed by atoms with Crippen molar-refractivity contribution in [1.82, 2.24) is 9.88 Å². The SMILES string of the molecule is Cn1ccc2ccc(C(=O)NCC3CCC(C(=O)O)CC3)cc21. The second kappa shape index (κ2) is 6.44. The molecule has 1 aromatic heterocycles. The van der Waals surface area contributed by atoms with E-state index in [0.29, 0.717) is 30.9 Å². The number of hydrogen-bond acceptors (Lipinski definition) is 2. The first-order chi connectivity index (χ1) is 11.0. The summed E-state index contributed by atoms with van der Waals surface area (Å²) in [5.41, 5.74) is 1.71. The van der Waals surface area contributed by atoms with Crippen LogP contribution in [0.5, 0.6) is 0 Å². The largest absolute Gasteiger partial charge is 0.481 e. The Balaban J connectivity index is 1.56. The third kappa shape index (κ3) is 3.38. The lowest BCUT2D eigenvalue weighted by atomic mass is 9.82. The number of carbonyl (C=O) groups excluding carboxylic acids is 1. The molecule has 1 amide bonds. The number of carboxylic acids is 1. The van der Waals surface area contributed by atoms with Crippen molar-refractivity contribution in [3.8, 4) is 0 Å². The smallest absolute Gasteiger partial charge is 0.306 e. The average Bonchev–Trinajstić information content (AvgIpc) is 2.93. The number of aromatic nitrogens is 1. The summed E-state index contributed by atoms with van der Waals surface area (Å²) in [6, 6.07) is 7.74. The molecule has 0 atom stereocenters. The standard InChI is InChI=1S/C18H22N2O3/c1-20-9-8-13-6-7-15(10-16(13)20)17(21)19-11-12-2-4-14(5-3-12)18(22)23/h6-10,12,14H,2-5,11H2,1H3,(H,19,21)(H,22,23). The van der Waals surface area contributed by atoms with Crippen molar-refractivity contribution in [2.24, 2.45) is 18.9 Å². The van der Waals surface area contributed by atoms with Crippen molar-refractivity contribution < 1.29 is 14.7 Å². The van der Waals surface area contributed by atoms with Crippen LogP contribution >= 0.6 is 0 Å². The summed E-state index contributed by atoms with van der Waals surface area (Å²) in [5, 5.41) is 13.1. The van der Waals surface area contributed by atoms with Crippen LogP contribution in [-0.4, -0.2) is 28.1 Å². The number of hydrogen-bond donors (Lipinski definition) is 2. The molecule has 1 saturated carbocycles. The third-order valence-corrected chi connectivity index (χ3v) is 4.90. The summed E-state index contributed by atoms with van der Waals surface area (Å²) in [6.45, 7) is 0.621. The quantitative estimate of drug-likeness (QED) is 0.911. The first-order valence-corrected chi connectivity index (χ1v) is 8.10. The number of amides is 1. The topological polar surface area (TPSA) is 71.3 Å². The number of benzene rings is 1. The van der Waals surface area contributed by atoms with Gasteiger partial charge in [0.05, 0.1) is 5.92 Å². The van der Waals surface area contributed by atoms with Gasteiger partial charge < -0.3 is 15.0 Å². The lowest BCUT2D eigenvalue weighted by Gasteiger charge is -2.26. The minimum Gasteiger partial charge on any atom is -0.481 e. The number of aliphatic carboxylic acids is 1. The summed E-state index contributed by atoms with van der Waals surface area (Å²) in [7, 11) is 1.96. The number of carboxylic acid groups (broad SMARTS) is 1.